The van der Waals surface area contributed by atoms with Gasteiger partial charge in [-0.05, 0) is 23.3 Å². The second-order valence-corrected chi connectivity index (χ2v) is 5.14. The summed E-state index contributed by atoms with van der Waals surface area (Å²) in [5.74, 6) is 1.84. The van der Waals surface area contributed by atoms with Crippen LogP contribution >= 0.6 is 0 Å². The third-order valence-electron chi connectivity index (χ3n) is 3.75. The molecule has 0 radical (unpaired) electrons. The molecule has 0 aromatic heterocycles. The van der Waals surface area contributed by atoms with Gasteiger partial charge in [-0.1, -0.05) is 60.1 Å². The normalized spacial score (nSPS) is 11.6. The molecular weight excluding hydrogens is 243 g/mol. The number of fused-ring (bicyclic) bond motifs is 5. The highest BCUT2D eigenvalue weighted by Gasteiger charge is 2.19. The molecule has 1 aliphatic rings. The van der Waals surface area contributed by atoms with Gasteiger partial charge in [0, 0.05) is 11.1 Å². The topological polar surface area (TPSA) is 9.23 Å². The molecule has 0 atom stereocenters. The number of benzene rings is 3. The SMILES string of the molecule is Bc1ccc2c(c1)-c1ccccc1-c1ccccc1O2. The number of hydrogen-bond donors (Lipinski definition) is 0. The molecule has 2 heteroatoms. The summed E-state index contributed by atoms with van der Waals surface area (Å²) >= 11 is 0. The van der Waals surface area contributed by atoms with Gasteiger partial charge in [-0.3, -0.25) is 0 Å². The molecule has 94 valence electrons. The van der Waals surface area contributed by atoms with Crippen molar-refractivity contribution in [1.82, 2.24) is 0 Å². The van der Waals surface area contributed by atoms with Gasteiger partial charge in [0.25, 0.3) is 0 Å². The van der Waals surface area contributed by atoms with E-state index in [-0.39, 0.29) is 0 Å². The van der Waals surface area contributed by atoms with Crippen molar-refractivity contribution < 1.29 is 4.74 Å². The van der Waals surface area contributed by atoms with E-state index in [9.17, 15) is 0 Å². The van der Waals surface area contributed by atoms with Crippen molar-refractivity contribution >= 4 is 13.3 Å². The van der Waals surface area contributed by atoms with E-state index in [1.807, 2.05) is 12.1 Å². The molecule has 0 unspecified atom stereocenters. The average molecular weight is 256 g/mol. The predicted molar refractivity (Wildman–Crippen MR) is 85.6 cm³/mol. The van der Waals surface area contributed by atoms with Crippen molar-refractivity contribution in [3.8, 4) is 33.8 Å². The molecule has 0 saturated heterocycles. The summed E-state index contributed by atoms with van der Waals surface area (Å²) in [6, 6.07) is 23.1. The summed E-state index contributed by atoms with van der Waals surface area (Å²) in [4.78, 5) is 0. The van der Waals surface area contributed by atoms with Crippen molar-refractivity contribution in [2.75, 3.05) is 0 Å². The molecule has 20 heavy (non-hydrogen) atoms. The molecular formula is C18H13BO. The number of hydrogen-bond acceptors (Lipinski definition) is 1. The van der Waals surface area contributed by atoms with Crippen LogP contribution in [0, 0.1) is 0 Å². The zero-order valence-electron chi connectivity index (χ0n) is 11.3. The van der Waals surface area contributed by atoms with Gasteiger partial charge in [-0.15, -0.1) is 0 Å². The molecule has 0 N–H and O–H groups in total. The maximum atomic E-state index is 6.14. The van der Waals surface area contributed by atoms with Gasteiger partial charge in [0.1, 0.15) is 19.3 Å². The maximum absolute atomic E-state index is 6.14. The summed E-state index contributed by atoms with van der Waals surface area (Å²) in [7, 11) is 2.11. The maximum Gasteiger partial charge on any atom is 0.139 e. The largest absolute Gasteiger partial charge is 0.456 e. The standard InChI is InChI=1S/C18H13BO/c19-12-9-10-18-16(11-12)14-6-2-1-5-13(14)15-7-3-4-8-17(15)20-18/h1-11H,19H2. The monoisotopic (exact) mass is 256 g/mol. The molecule has 0 fully saturated rings. The first-order chi connectivity index (χ1) is 9.83. The zero-order chi connectivity index (χ0) is 13.5. The van der Waals surface area contributed by atoms with Crippen LogP contribution in [0.5, 0.6) is 11.5 Å². The summed E-state index contributed by atoms with van der Waals surface area (Å²) in [5, 5.41) is 0. The Balaban J connectivity index is 2.12. The molecule has 1 heterocycles. The number of rotatable bonds is 0. The Morgan fingerprint density at radius 2 is 1.20 bits per heavy atom. The van der Waals surface area contributed by atoms with Gasteiger partial charge in [0.15, 0.2) is 0 Å². The van der Waals surface area contributed by atoms with Crippen molar-refractivity contribution in [1.29, 1.82) is 0 Å². The van der Waals surface area contributed by atoms with Crippen LogP contribution in [0.4, 0.5) is 0 Å². The fourth-order valence-corrected chi connectivity index (χ4v) is 2.79. The van der Waals surface area contributed by atoms with E-state index in [1.165, 1.54) is 16.6 Å². The van der Waals surface area contributed by atoms with Crippen molar-refractivity contribution in [3.63, 3.8) is 0 Å². The smallest absolute Gasteiger partial charge is 0.139 e. The first kappa shape index (κ1) is 11.4. The first-order valence-corrected chi connectivity index (χ1v) is 6.80. The van der Waals surface area contributed by atoms with E-state index in [0.717, 1.165) is 22.6 Å². The lowest BCUT2D eigenvalue weighted by atomic mass is 9.89. The molecule has 1 aliphatic heterocycles. The Bertz CT molecular complexity index is 808. The second-order valence-electron chi connectivity index (χ2n) is 5.14. The van der Waals surface area contributed by atoms with Gasteiger partial charge >= 0.3 is 0 Å². The zero-order valence-corrected chi connectivity index (χ0v) is 11.3. The van der Waals surface area contributed by atoms with Crippen LogP contribution in [0.25, 0.3) is 22.3 Å². The fourth-order valence-electron chi connectivity index (χ4n) is 2.79. The summed E-state index contributed by atoms with van der Waals surface area (Å²) in [5.41, 5.74) is 6.02. The quantitative estimate of drug-likeness (QED) is 0.438. The van der Waals surface area contributed by atoms with Crippen LogP contribution in [0.3, 0.4) is 0 Å². The minimum Gasteiger partial charge on any atom is -0.456 e. The molecule has 4 rings (SSSR count). The highest BCUT2D eigenvalue weighted by Crippen LogP contribution is 2.45. The minimum atomic E-state index is 0.919. The van der Waals surface area contributed by atoms with E-state index in [0.29, 0.717) is 0 Å². The van der Waals surface area contributed by atoms with E-state index >= 15 is 0 Å². The Morgan fingerprint density at radius 3 is 2.00 bits per heavy atom. The molecule has 0 saturated carbocycles. The van der Waals surface area contributed by atoms with E-state index < -0.39 is 0 Å². The highest BCUT2D eigenvalue weighted by molar-refractivity contribution is 6.32. The van der Waals surface area contributed by atoms with Crippen molar-refractivity contribution in [2.24, 2.45) is 0 Å². The van der Waals surface area contributed by atoms with Gasteiger partial charge in [0.05, 0.1) is 0 Å². The lowest BCUT2D eigenvalue weighted by Crippen LogP contribution is -2.01. The Kier molecular flexibility index (Phi) is 2.43. The van der Waals surface area contributed by atoms with E-state index in [4.69, 9.17) is 4.74 Å². The third-order valence-corrected chi connectivity index (χ3v) is 3.75. The second kappa shape index (κ2) is 4.27. The number of ether oxygens (including phenoxy) is 1. The van der Waals surface area contributed by atoms with Crippen molar-refractivity contribution in [2.45, 2.75) is 0 Å². The van der Waals surface area contributed by atoms with Crippen LogP contribution in [-0.2, 0) is 0 Å². The Labute approximate surface area is 119 Å². The summed E-state index contributed by atoms with van der Waals surface area (Å²) < 4.78 is 6.14. The number of para-hydroxylation sites is 1. The molecule has 0 aliphatic carbocycles. The van der Waals surface area contributed by atoms with E-state index in [1.54, 1.807) is 0 Å². The van der Waals surface area contributed by atoms with Crippen molar-refractivity contribution in [3.05, 3.63) is 66.7 Å². The van der Waals surface area contributed by atoms with Crippen LogP contribution in [-0.4, -0.2) is 7.85 Å². The van der Waals surface area contributed by atoms with Gasteiger partial charge in [-0.25, -0.2) is 0 Å². The lowest BCUT2D eigenvalue weighted by molar-refractivity contribution is 0.488. The third kappa shape index (κ3) is 1.65. The van der Waals surface area contributed by atoms with Crippen LogP contribution in [0.2, 0.25) is 0 Å². The Hall–Kier alpha value is -2.48. The van der Waals surface area contributed by atoms with Gasteiger partial charge < -0.3 is 4.74 Å². The lowest BCUT2D eigenvalue weighted by Gasteiger charge is -2.09. The highest BCUT2D eigenvalue weighted by atomic mass is 16.5. The molecule has 0 spiro atoms. The molecule has 3 aromatic carbocycles. The first-order valence-electron chi connectivity index (χ1n) is 6.80. The molecule has 1 nitrogen and oxygen atoms in total. The summed E-state index contributed by atoms with van der Waals surface area (Å²) in [6.07, 6.45) is 0. The van der Waals surface area contributed by atoms with Gasteiger partial charge in [0.2, 0.25) is 0 Å². The predicted octanol–water partition coefficient (Wildman–Crippen LogP) is 3.38. The van der Waals surface area contributed by atoms with E-state index in [2.05, 4.69) is 62.4 Å². The molecule has 0 amide bonds. The van der Waals surface area contributed by atoms with Gasteiger partial charge in [-0.2, -0.15) is 0 Å². The van der Waals surface area contributed by atoms with Crippen LogP contribution in [0.1, 0.15) is 0 Å². The molecule has 0 bridgehead atoms. The molecule has 3 aromatic rings. The average Bonchev–Trinajstić information content (AvgIpc) is 2.62. The minimum absolute atomic E-state index is 0.919. The van der Waals surface area contributed by atoms with Crippen LogP contribution in [0.15, 0.2) is 66.7 Å². The fraction of sp³-hybridized carbons (Fsp3) is 0. The Morgan fingerprint density at radius 1 is 0.600 bits per heavy atom. The van der Waals surface area contributed by atoms with Crippen LogP contribution < -0.4 is 10.2 Å². The summed E-state index contributed by atoms with van der Waals surface area (Å²) in [6.45, 7) is 0.